The van der Waals surface area contributed by atoms with Gasteiger partial charge in [-0.2, -0.15) is 0 Å². The van der Waals surface area contributed by atoms with E-state index < -0.39 is 0 Å². The lowest BCUT2D eigenvalue weighted by Crippen LogP contribution is -2.00. The van der Waals surface area contributed by atoms with Crippen molar-refractivity contribution < 1.29 is 0 Å². The summed E-state index contributed by atoms with van der Waals surface area (Å²) in [6, 6.07) is 6.55. The van der Waals surface area contributed by atoms with Crippen LogP contribution in [0.15, 0.2) is 18.2 Å². The van der Waals surface area contributed by atoms with Crippen LogP contribution in [0.2, 0.25) is 0 Å². The predicted molar refractivity (Wildman–Crippen MR) is 84.9 cm³/mol. The summed E-state index contributed by atoms with van der Waals surface area (Å²) in [5, 5.41) is 0. The first kappa shape index (κ1) is 12.7. The molecule has 1 aromatic heterocycles. The van der Waals surface area contributed by atoms with Crippen molar-refractivity contribution in [2.45, 2.75) is 46.0 Å². The van der Waals surface area contributed by atoms with Gasteiger partial charge in [0, 0.05) is 15.4 Å². The van der Waals surface area contributed by atoms with Crippen LogP contribution in [0.1, 0.15) is 40.6 Å². The molecule has 0 saturated heterocycles. The number of nitrogen functional groups attached to an aromatic ring is 1. The summed E-state index contributed by atoms with van der Waals surface area (Å²) in [6.07, 6.45) is 6.22. The number of hydrogen-bond acceptors (Lipinski definition) is 2. The number of anilines is 1. The molecule has 0 amide bonds. The van der Waals surface area contributed by atoms with Crippen molar-refractivity contribution in [3.05, 3.63) is 39.1 Å². The van der Waals surface area contributed by atoms with Crippen LogP contribution in [0, 0.1) is 6.92 Å². The number of thiophene rings is 1. The first-order chi connectivity index (χ1) is 9.20. The largest absolute Gasteiger partial charge is 0.399 e. The molecule has 1 nitrogen and oxygen atoms in total. The highest BCUT2D eigenvalue weighted by atomic mass is 32.1. The lowest BCUT2D eigenvalue weighted by molar-refractivity contribution is 0.698. The van der Waals surface area contributed by atoms with Gasteiger partial charge in [0.15, 0.2) is 0 Å². The van der Waals surface area contributed by atoms with Gasteiger partial charge >= 0.3 is 0 Å². The molecule has 0 spiro atoms. The Kier molecular flexibility index (Phi) is 3.36. The molecule has 3 rings (SSSR count). The molecule has 1 aliphatic carbocycles. The van der Waals surface area contributed by atoms with E-state index in [0.717, 1.165) is 12.1 Å². The van der Waals surface area contributed by atoms with Crippen molar-refractivity contribution in [3.8, 4) is 11.1 Å². The molecule has 1 aromatic carbocycles. The van der Waals surface area contributed by atoms with E-state index in [0.29, 0.717) is 0 Å². The minimum Gasteiger partial charge on any atom is -0.399 e. The molecule has 2 aromatic rings. The molecule has 0 bridgehead atoms. The molecular weight excluding hydrogens is 250 g/mol. The Bertz CT molecular complexity index is 610. The second-order valence-corrected chi connectivity index (χ2v) is 6.72. The average molecular weight is 271 g/mol. The van der Waals surface area contributed by atoms with E-state index in [-0.39, 0.29) is 0 Å². The van der Waals surface area contributed by atoms with E-state index in [9.17, 15) is 0 Å². The third kappa shape index (κ3) is 2.18. The van der Waals surface area contributed by atoms with Gasteiger partial charge in [-0.05, 0) is 73.4 Å². The van der Waals surface area contributed by atoms with Crippen LogP contribution in [0.5, 0.6) is 0 Å². The van der Waals surface area contributed by atoms with Gasteiger partial charge in [-0.15, -0.1) is 11.3 Å². The Morgan fingerprint density at radius 2 is 2.00 bits per heavy atom. The quantitative estimate of drug-likeness (QED) is 0.784. The normalized spacial score (nSPS) is 14.4. The molecule has 1 aliphatic rings. The number of rotatable bonds is 2. The fraction of sp³-hybridized carbons (Fsp3) is 0.412. The minimum atomic E-state index is 0.924. The number of aryl methyl sites for hydroxylation is 3. The van der Waals surface area contributed by atoms with Crippen LogP contribution in [-0.2, 0) is 19.3 Å². The second kappa shape index (κ2) is 5.01. The van der Waals surface area contributed by atoms with Gasteiger partial charge in [0.05, 0.1) is 0 Å². The zero-order chi connectivity index (χ0) is 13.4. The van der Waals surface area contributed by atoms with Crippen molar-refractivity contribution in [2.24, 2.45) is 0 Å². The van der Waals surface area contributed by atoms with Crippen LogP contribution >= 0.6 is 11.3 Å². The SMILES string of the molecule is CCc1cc(-c2c(C)sc3c2CCCC3)ccc1N. The van der Waals surface area contributed by atoms with Crippen molar-refractivity contribution >= 4 is 17.0 Å². The van der Waals surface area contributed by atoms with Gasteiger partial charge in [-0.3, -0.25) is 0 Å². The maximum Gasteiger partial charge on any atom is 0.0346 e. The summed E-state index contributed by atoms with van der Waals surface area (Å²) in [4.78, 5) is 3.09. The highest BCUT2D eigenvalue weighted by Gasteiger charge is 2.19. The maximum atomic E-state index is 6.03. The standard InChI is InChI=1S/C17H21NS/c1-3-12-10-13(8-9-15(12)18)17-11(2)19-16-7-5-4-6-14(16)17/h8-10H,3-7,18H2,1-2H3. The average Bonchev–Trinajstić information content (AvgIpc) is 2.75. The molecule has 0 aliphatic heterocycles. The van der Waals surface area contributed by atoms with Gasteiger partial charge in [0.2, 0.25) is 0 Å². The highest BCUT2D eigenvalue weighted by molar-refractivity contribution is 7.12. The Balaban J connectivity index is 2.14. The van der Waals surface area contributed by atoms with Crippen molar-refractivity contribution in [3.63, 3.8) is 0 Å². The van der Waals surface area contributed by atoms with Gasteiger partial charge in [-0.1, -0.05) is 13.0 Å². The fourth-order valence-corrected chi connectivity index (χ4v) is 4.43. The lowest BCUT2D eigenvalue weighted by Gasteiger charge is -2.14. The summed E-state index contributed by atoms with van der Waals surface area (Å²) >= 11 is 2.00. The number of nitrogens with two attached hydrogens (primary N) is 1. The van der Waals surface area contributed by atoms with Crippen LogP contribution in [0.4, 0.5) is 5.69 Å². The molecule has 2 heteroatoms. The molecular formula is C17H21NS. The third-order valence-corrected chi connectivity index (χ3v) is 5.37. The van der Waals surface area contributed by atoms with Crippen LogP contribution in [-0.4, -0.2) is 0 Å². The Labute approximate surface area is 119 Å². The number of benzene rings is 1. The van der Waals surface area contributed by atoms with Crippen molar-refractivity contribution in [2.75, 3.05) is 5.73 Å². The molecule has 1 heterocycles. The lowest BCUT2D eigenvalue weighted by atomic mass is 9.90. The molecule has 0 unspecified atom stereocenters. The molecule has 0 atom stereocenters. The molecule has 0 radical (unpaired) electrons. The van der Waals surface area contributed by atoms with Crippen LogP contribution in [0.3, 0.4) is 0 Å². The minimum absolute atomic E-state index is 0.924. The van der Waals surface area contributed by atoms with E-state index in [2.05, 4.69) is 32.0 Å². The highest BCUT2D eigenvalue weighted by Crippen LogP contribution is 2.40. The Morgan fingerprint density at radius 3 is 2.79 bits per heavy atom. The topological polar surface area (TPSA) is 26.0 Å². The predicted octanol–water partition coefficient (Wildman–Crippen LogP) is 4.75. The fourth-order valence-electron chi connectivity index (χ4n) is 3.15. The van der Waals surface area contributed by atoms with Crippen LogP contribution < -0.4 is 5.73 Å². The Hall–Kier alpha value is -1.28. The van der Waals surface area contributed by atoms with Crippen molar-refractivity contribution in [1.82, 2.24) is 0 Å². The van der Waals surface area contributed by atoms with Crippen molar-refractivity contribution in [1.29, 1.82) is 0 Å². The van der Waals surface area contributed by atoms with E-state index in [4.69, 9.17) is 5.73 Å². The summed E-state index contributed by atoms with van der Waals surface area (Å²) in [6.45, 7) is 4.44. The smallest absolute Gasteiger partial charge is 0.0346 e. The molecule has 2 N–H and O–H groups in total. The first-order valence-electron chi connectivity index (χ1n) is 7.20. The number of fused-ring (bicyclic) bond motifs is 1. The molecule has 19 heavy (non-hydrogen) atoms. The molecule has 100 valence electrons. The van der Waals surface area contributed by atoms with Gasteiger partial charge in [-0.25, -0.2) is 0 Å². The van der Waals surface area contributed by atoms with Gasteiger partial charge in [0.25, 0.3) is 0 Å². The monoisotopic (exact) mass is 271 g/mol. The van der Waals surface area contributed by atoms with Gasteiger partial charge < -0.3 is 5.73 Å². The van der Waals surface area contributed by atoms with Crippen LogP contribution in [0.25, 0.3) is 11.1 Å². The maximum absolute atomic E-state index is 6.03. The summed E-state index contributed by atoms with van der Waals surface area (Å²) in [7, 11) is 0. The summed E-state index contributed by atoms with van der Waals surface area (Å²) < 4.78 is 0. The van der Waals surface area contributed by atoms with E-state index >= 15 is 0 Å². The van der Waals surface area contributed by atoms with E-state index in [1.165, 1.54) is 47.3 Å². The Morgan fingerprint density at radius 1 is 1.21 bits per heavy atom. The van der Waals surface area contributed by atoms with E-state index in [1.54, 1.807) is 10.4 Å². The summed E-state index contributed by atoms with van der Waals surface area (Å²) in [5.41, 5.74) is 12.7. The third-order valence-electron chi connectivity index (χ3n) is 4.16. The zero-order valence-electron chi connectivity index (χ0n) is 11.8. The zero-order valence-corrected chi connectivity index (χ0v) is 12.6. The molecule has 0 fully saturated rings. The van der Waals surface area contributed by atoms with Gasteiger partial charge in [0.1, 0.15) is 0 Å². The summed E-state index contributed by atoms with van der Waals surface area (Å²) in [5.74, 6) is 0. The second-order valence-electron chi connectivity index (χ2n) is 5.41. The number of hydrogen-bond donors (Lipinski definition) is 1. The van der Waals surface area contributed by atoms with E-state index in [1.807, 2.05) is 11.3 Å². The first-order valence-corrected chi connectivity index (χ1v) is 8.02. The molecule has 0 saturated carbocycles.